The molecule has 0 radical (unpaired) electrons. The second-order valence-corrected chi connectivity index (χ2v) is 8.04. The number of anilines is 1. The third-order valence-corrected chi connectivity index (χ3v) is 6.37. The summed E-state index contributed by atoms with van der Waals surface area (Å²) in [5.74, 6) is 1.30. The lowest BCUT2D eigenvalue weighted by Crippen LogP contribution is -2.15. The van der Waals surface area contributed by atoms with Crippen molar-refractivity contribution in [3.63, 3.8) is 0 Å². The number of aromatic nitrogens is 2. The first kappa shape index (κ1) is 18.3. The van der Waals surface area contributed by atoms with E-state index in [4.69, 9.17) is 15.7 Å². The van der Waals surface area contributed by atoms with Gasteiger partial charge in [-0.3, -0.25) is 0 Å². The largest absolute Gasteiger partial charge is 0.384 e. The summed E-state index contributed by atoms with van der Waals surface area (Å²) in [5, 5.41) is 2.94. The van der Waals surface area contributed by atoms with Crippen molar-refractivity contribution in [3.8, 4) is 9.88 Å². The van der Waals surface area contributed by atoms with Gasteiger partial charge in [0.05, 0.1) is 5.69 Å². The average molecular weight is 406 g/mol. The highest BCUT2D eigenvalue weighted by atomic mass is 32.1. The molecule has 0 unspecified atom stereocenters. The van der Waals surface area contributed by atoms with Crippen molar-refractivity contribution < 1.29 is 0 Å². The summed E-state index contributed by atoms with van der Waals surface area (Å²) in [5.41, 5.74) is 9.15. The molecule has 2 aromatic carbocycles. The van der Waals surface area contributed by atoms with Crippen LogP contribution in [0.2, 0.25) is 0 Å². The zero-order chi connectivity index (χ0) is 19.5. The molecular formula is C21H19N5S2. The second-order valence-electron chi connectivity index (χ2n) is 6.20. The highest BCUT2D eigenvalue weighted by molar-refractivity contribution is 7.20. The lowest BCUT2D eigenvalue weighted by molar-refractivity contribution is 0.891. The first-order valence-electron chi connectivity index (χ1n) is 8.73. The Hall–Kier alpha value is -3.03. The SMILES string of the molecule is Cc1csc(-c2sc(=NC(=Nc3ccccc3)c3ccccc3)n(C)c2N)n1. The van der Waals surface area contributed by atoms with Crippen LogP contribution in [-0.2, 0) is 7.05 Å². The summed E-state index contributed by atoms with van der Waals surface area (Å²) in [6, 6.07) is 19.8. The number of nitrogen functional groups attached to an aromatic ring is 1. The maximum atomic E-state index is 6.35. The van der Waals surface area contributed by atoms with Gasteiger partial charge in [0.2, 0.25) is 0 Å². The fourth-order valence-corrected chi connectivity index (χ4v) is 4.57. The van der Waals surface area contributed by atoms with Crippen LogP contribution in [0.15, 0.2) is 76.0 Å². The third-order valence-electron chi connectivity index (χ3n) is 4.11. The number of thiazole rings is 2. The van der Waals surface area contributed by atoms with Crippen LogP contribution < -0.4 is 10.5 Å². The van der Waals surface area contributed by atoms with Gasteiger partial charge in [0.25, 0.3) is 0 Å². The summed E-state index contributed by atoms with van der Waals surface area (Å²) >= 11 is 3.12. The van der Waals surface area contributed by atoms with E-state index in [0.717, 1.165) is 31.6 Å². The molecule has 4 aromatic rings. The van der Waals surface area contributed by atoms with E-state index < -0.39 is 0 Å². The summed E-state index contributed by atoms with van der Waals surface area (Å²) < 4.78 is 1.89. The van der Waals surface area contributed by atoms with Gasteiger partial charge in [-0.05, 0) is 19.1 Å². The van der Waals surface area contributed by atoms with Crippen LogP contribution in [0, 0.1) is 6.92 Å². The molecule has 0 saturated carbocycles. The molecule has 0 amide bonds. The van der Waals surface area contributed by atoms with Crippen LogP contribution in [-0.4, -0.2) is 15.4 Å². The van der Waals surface area contributed by atoms with Gasteiger partial charge in [0.1, 0.15) is 15.7 Å². The molecule has 0 atom stereocenters. The molecule has 0 fully saturated rings. The zero-order valence-corrected chi connectivity index (χ0v) is 17.2. The van der Waals surface area contributed by atoms with Gasteiger partial charge in [-0.1, -0.05) is 59.9 Å². The van der Waals surface area contributed by atoms with Crippen molar-refractivity contribution in [1.29, 1.82) is 0 Å². The first-order chi connectivity index (χ1) is 13.6. The molecule has 2 heterocycles. The van der Waals surface area contributed by atoms with Crippen molar-refractivity contribution >= 4 is 40.0 Å². The molecule has 2 aromatic heterocycles. The Labute approximate surface area is 171 Å². The van der Waals surface area contributed by atoms with Crippen LogP contribution in [0.25, 0.3) is 9.88 Å². The molecule has 28 heavy (non-hydrogen) atoms. The van der Waals surface area contributed by atoms with E-state index in [-0.39, 0.29) is 0 Å². The first-order valence-corrected chi connectivity index (χ1v) is 10.4. The monoisotopic (exact) mass is 405 g/mol. The Kier molecular flexibility index (Phi) is 5.18. The predicted octanol–water partition coefficient (Wildman–Crippen LogP) is 4.78. The molecule has 0 bridgehead atoms. The number of para-hydroxylation sites is 1. The number of benzene rings is 2. The molecule has 0 saturated heterocycles. The molecule has 2 N–H and O–H groups in total. The van der Waals surface area contributed by atoms with Crippen molar-refractivity contribution in [2.75, 3.05) is 5.73 Å². The molecule has 0 aliphatic carbocycles. The van der Waals surface area contributed by atoms with Crippen molar-refractivity contribution in [3.05, 3.63) is 82.1 Å². The van der Waals surface area contributed by atoms with Crippen molar-refractivity contribution in [2.45, 2.75) is 6.92 Å². The van der Waals surface area contributed by atoms with Crippen LogP contribution in [0.5, 0.6) is 0 Å². The Morgan fingerprint density at radius 1 is 1.04 bits per heavy atom. The van der Waals surface area contributed by atoms with Gasteiger partial charge >= 0.3 is 0 Å². The van der Waals surface area contributed by atoms with Crippen molar-refractivity contribution in [2.24, 2.45) is 17.0 Å². The number of nitrogens with two attached hydrogens (primary N) is 1. The molecule has 0 spiro atoms. The summed E-state index contributed by atoms with van der Waals surface area (Å²) in [7, 11) is 1.92. The predicted molar refractivity (Wildman–Crippen MR) is 118 cm³/mol. The summed E-state index contributed by atoms with van der Waals surface area (Å²) in [6.07, 6.45) is 0. The smallest absolute Gasteiger partial charge is 0.193 e. The van der Waals surface area contributed by atoms with Gasteiger partial charge in [-0.25, -0.2) is 15.0 Å². The number of rotatable bonds is 3. The van der Waals surface area contributed by atoms with Crippen LogP contribution in [0.4, 0.5) is 11.5 Å². The highest BCUT2D eigenvalue weighted by Gasteiger charge is 2.14. The van der Waals surface area contributed by atoms with Gasteiger partial charge in [-0.15, -0.1) is 11.3 Å². The maximum absolute atomic E-state index is 6.35. The van der Waals surface area contributed by atoms with E-state index in [0.29, 0.717) is 11.7 Å². The van der Waals surface area contributed by atoms with Gasteiger partial charge in [0.15, 0.2) is 10.6 Å². The lowest BCUT2D eigenvalue weighted by atomic mass is 10.2. The summed E-state index contributed by atoms with van der Waals surface area (Å²) in [6.45, 7) is 1.98. The fraction of sp³-hybridized carbons (Fsp3) is 0.0952. The lowest BCUT2D eigenvalue weighted by Gasteiger charge is -2.02. The molecule has 0 aliphatic heterocycles. The van der Waals surface area contributed by atoms with E-state index >= 15 is 0 Å². The van der Waals surface area contributed by atoms with E-state index in [1.54, 1.807) is 11.3 Å². The van der Waals surface area contributed by atoms with Gasteiger partial charge in [0, 0.05) is 23.7 Å². The third kappa shape index (κ3) is 3.81. The minimum Gasteiger partial charge on any atom is -0.384 e. The Bertz CT molecular complexity index is 1180. The number of amidine groups is 1. The average Bonchev–Trinajstić information content (AvgIpc) is 3.27. The quantitative estimate of drug-likeness (QED) is 0.394. The van der Waals surface area contributed by atoms with Crippen LogP contribution >= 0.6 is 22.7 Å². The maximum Gasteiger partial charge on any atom is 0.193 e. The number of aliphatic imine (C=N–C) groups is 1. The molecule has 140 valence electrons. The highest BCUT2D eigenvalue weighted by Crippen LogP contribution is 2.31. The number of hydrogen-bond acceptors (Lipinski definition) is 5. The number of aryl methyl sites for hydroxylation is 1. The molecule has 4 rings (SSSR count). The van der Waals surface area contributed by atoms with E-state index in [2.05, 4.69) is 4.98 Å². The Morgan fingerprint density at radius 3 is 2.36 bits per heavy atom. The van der Waals surface area contributed by atoms with Gasteiger partial charge in [-0.2, -0.15) is 0 Å². The minimum absolute atomic E-state index is 0.644. The normalized spacial score (nSPS) is 12.5. The Balaban J connectivity index is 1.87. The van der Waals surface area contributed by atoms with E-state index in [1.165, 1.54) is 11.3 Å². The fourth-order valence-electron chi connectivity index (χ4n) is 2.63. The molecule has 5 nitrogen and oxygen atoms in total. The van der Waals surface area contributed by atoms with E-state index in [9.17, 15) is 0 Å². The second kappa shape index (κ2) is 7.92. The van der Waals surface area contributed by atoms with Crippen LogP contribution in [0.1, 0.15) is 11.3 Å². The zero-order valence-electron chi connectivity index (χ0n) is 15.5. The van der Waals surface area contributed by atoms with Crippen LogP contribution in [0.3, 0.4) is 0 Å². The molecule has 7 heteroatoms. The topological polar surface area (TPSA) is 68.6 Å². The van der Waals surface area contributed by atoms with Crippen molar-refractivity contribution in [1.82, 2.24) is 9.55 Å². The number of nitrogens with zero attached hydrogens (tertiary/aromatic N) is 4. The minimum atomic E-state index is 0.644. The number of hydrogen-bond donors (Lipinski definition) is 1. The van der Waals surface area contributed by atoms with E-state index in [1.807, 2.05) is 84.6 Å². The Morgan fingerprint density at radius 2 is 1.71 bits per heavy atom. The molecular weight excluding hydrogens is 386 g/mol. The molecule has 0 aliphatic rings. The van der Waals surface area contributed by atoms with Gasteiger partial charge < -0.3 is 10.3 Å². The summed E-state index contributed by atoms with van der Waals surface area (Å²) in [4.78, 5) is 15.9. The standard InChI is InChI=1S/C21H19N5S2/c1-14-13-27-20(23-14)17-18(22)26(2)21(28-17)25-19(15-9-5-3-6-10-15)24-16-11-7-4-8-12-16/h3-13H,22H2,1-2H3.